The number of oxime groups is 1. The van der Waals surface area contributed by atoms with E-state index < -0.39 is 23.7 Å². The smallest absolute Gasteiger partial charge is 0.370 e. The van der Waals surface area contributed by atoms with Gasteiger partial charge >= 0.3 is 11.9 Å². The standard InChI is InChI=1S/C10H9Cl2N3O5S/c1-19-15-8(9(18)20-7(17)3-12)5-4-21-10(13-5)14-6(16)2-11/h4H,2-3H2,1H3,(H,13,14,16)/b15-8-. The van der Waals surface area contributed by atoms with Crippen LogP contribution in [0.2, 0.25) is 0 Å². The first-order valence-electron chi connectivity index (χ1n) is 5.25. The number of thiazole rings is 1. The van der Waals surface area contributed by atoms with Crippen molar-refractivity contribution in [1.29, 1.82) is 0 Å². The van der Waals surface area contributed by atoms with E-state index in [0.29, 0.717) is 0 Å². The van der Waals surface area contributed by atoms with Gasteiger partial charge in [0.15, 0.2) is 5.13 Å². The summed E-state index contributed by atoms with van der Waals surface area (Å²) < 4.78 is 4.42. The van der Waals surface area contributed by atoms with Crippen molar-refractivity contribution in [3.8, 4) is 0 Å². The number of carbonyl (C=O) groups is 3. The van der Waals surface area contributed by atoms with Gasteiger partial charge in [0.25, 0.3) is 0 Å². The van der Waals surface area contributed by atoms with Crippen molar-refractivity contribution in [3.05, 3.63) is 11.1 Å². The summed E-state index contributed by atoms with van der Waals surface area (Å²) >= 11 is 11.6. The molecule has 1 aromatic rings. The molecule has 0 fully saturated rings. The maximum atomic E-state index is 11.7. The van der Waals surface area contributed by atoms with E-state index in [1.165, 1.54) is 12.5 Å². The van der Waals surface area contributed by atoms with E-state index in [2.05, 4.69) is 25.0 Å². The minimum atomic E-state index is -1.07. The topological polar surface area (TPSA) is 107 Å². The zero-order chi connectivity index (χ0) is 15.8. The number of carbonyl (C=O) groups excluding carboxylic acids is 3. The zero-order valence-electron chi connectivity index (χ0n) is 10.6. The first-order valence-corrected chi connectivity index (χ1v) is 7.20. The van der Waals surface area contributed by atoms with E-state index >= 15 is 0 Å². The molecule has 0 unspecified atom stereocenters. The van der Waals surface area contributed by atoms with Crippen LogP contribution in [0.3, 0.4) is 0 Å². The summed E-state index contributed by atoms with van der Waals surface area (Å²) in [6.07, 6.45) is 0. The molecule has 0 bridgehead atoms. The highest BCUT2D eigenvalue weighted by Crippen LogP contribution is 2.17. The molecule has 0 saturated heterocycles. The van der Waals surface area contributed by atoms with Crippen LogP contribution in [-0.4, -0.2) is 47.4 Å². The molecule has 0 aliphatic heterocycles. The van der Waals surface area contributed by atoms with Crippen LogP contribution in [0.1, 0.15) is 5.69 Å². The van der Waals surface area contributed by atoms with Crippen molar-refractivity contribution in [2.45, 2.75) is 0 Å². The number of nitrogens with one attached hydrogen (secondary N) is 1. The predicted molar refractivity (Wildman–Crippen MR) is 76.8 cm³/mol. The van der Waals surface area contributed by atoms with Crippen LogP contribution in [0.25, 0.3) is 0 Å². The van der Waals surface area contributed by atoms with Crippen molar-refractivity contribution in [2.24, 2.45) is 5.16 Å². The van der Waals surface area contributed by atoms with Crippen molar-refractivity contribution < 1.29 is 24.0 Å². The number of anilines is 1. The highest BCUT2D eigenvalue weighted by molar-refractivity contribution is 7.14. The molecule has 1 aromatic heterocycles. The SMILES string of the molecule is CO/N=C(\C(=O)OC(=O)CCl)c1csc(NC(=O)CCl)n1. The van der Waals surface area contributed by atoms with Gasteiger partial charge in [-0.25, -0.2) is 9.78 Å². The molecule has 1 rings (SSSR count). The molecule has 0 radical (unpaired) electrons. The third-order valence-electron chi connectivity index (χ3n) is 1.81. The quantitative estimate of drug-likeness (QED) is 0.268. The summed E-state index contributed by atoms with van der Waals surface area (Å²) in [5.74, 6) is -3.18. The Kier molecular flexibility index (Phi) is 7.06. The maximum Gasteiger partial charge on any atom is 0.370 e. The molecular formula is C10H9Cl2N3O5S. The third kappa shape index (κ3) is 5.29. The van der Waals surface area contributed by atoms with Gasteiger partial charge in [-0.05, 0) is 0 Å². The van der Waals surface area contributed by atoms with Gasteiger partial charge in [-0.15, -0.1) is 34.5 Å². The summed E-state index contributed by atoms with van der Waals surface area (Å²) in [5, 5.41) is 7.48. The molecule has 0 saturated carbocycles. The Morgan fingerprint density at radius 3 is 2.67 bits per heavy atom. The lowest BCUT2D eigenvalue weighted by Crippen LogP contribution is -2.23. The minimum absolute atomic E-state index is 0.0686. The molecule has 1 N–H and O–H groups in total. The van der Waals surface area contributed by atoms with Crippen LogP contribution in [-0.2, 0) is 24.0 Å². The largest absolute Gasteiger partial charge is 0.398 e. The van der Waals surface area contributed by atoms with Crippen molar-refractivity contribution in [1.82, 2.24) is 4.98 Å². The third-order valence-corrected chi connectivity index (χ3v) is 3.02. The Morgan fingerprint density at radius 1 is 1.38 bits per heavy atom. The number of rotatable bonds is 6. The van der Waals surface area contributed by atoms with E-state index in [4.69, 9.17) is 23.2 Å². The molecule has 0 atom stereocenters. The average molecular weight is 354 g/mol. The van der Waals surface area contributed by atoms with Crippen LogP contribution in [0.5, 0.6) is 0 Å². The van der Waals surface area contributed by atoms with Crippen LogP contribution < -0.4 is 5.32 Å². The number of alkyl halides is 2. The maximum absolute atomic E-state index is 11.7. The van der Waals surface area contributed by atoms with Crippen LogP contribution in [0.4, 0.5) is 5.13 Å². The Balaban J connectivity index is 2.91. The fourth-order valence-corrected chi connectivity index (χ4v) is 1.88. The molecule has 21 heavy (non-hydrogen) atoms. The van der Waals surface area contributed by atoms with E-state index in [1.807, 2.05) is 0 Å². The van der Waals surface area contributed by atoms with Gasteiger partial charge in [-0.3, -0.25) is 9.59 Å². The molecule has 114 valence electrons. The Morgan fingerprint density at radius 2 is 2.10 bits per heavy atom. The van der Waals surface area contributed by atoms with E-state index in [1.54, 1.807) is 0 Å². The van der Waals surface area contributed by atoms with E-state index in [0.717, 1.165) is 11.3 Å². The predicted octanol–water partition coefficient (Wildman–Crippen LogP) is 0.980. The van der Waals surface area contributed by atoms with Crippen molar-refractivity contribution in [3.63, 3.8) is 0 Å². The van der Waals surface area contributed by atoms with Gasteiger partial charge in [0.1, 0.15) is 24.6 Å². The molecule has 0 spiro atoms. The molecule has 1 amide bonds. The molecule has 0 aromatic carbocycles. The first kappa shape index (κ1) is 17.3. The van der Waals surface area contributed by atoms with Gasteiger partial charge in [0.2, 0.25) is 11.6 Å². The number of nitrogens with zero attached hydrogens (tertiary/aromatic N) is 2. The molecular weight excluding hydrogens is 345 g/mol. The van der Waals surface area contributed by atoms with E-state index in [9.17, 15) is 14.4 Å². The van der Waals surface area contributed by atoms with Gasteiger partial charge in [-0.2, -0.15) is 0 Å². The number of hydrogen-bond acceptors (Lipinski definition) is 8. The molecule has 8 nitrogen and oxygen atoms in total. The highest BCUT2D eigenvalue weighted by atomic mass is 35.5. The number of aromatic nitrogens is 1. The molecule has 0 aliphatic rings. The highest BCUT2D eigenvalue weighted by Gasteiger charge is 2.23. The molecule has 11 heteroatoms. The monoisotopic (exact) mass is 353 g/mol. The fourth-order valence-electron chi connectivity index (χ4n) is 1.05. The minimum Gasteiger partial charge on any atom is -0.398 e. The first-order chi connectivity index (χ1) is 10.0. The lowest BCUT2D eigenvalue weighted by molar-refractivity contribution is -0.153. The van der Waals surface area contributed by atoms with Gasteiger partial charge in [0, 0.05) is 5.38 Å². The summed E-state index contributed by atoms with van der Waals surface area (Å²) in [4.78, 5) is 42.3. The number of halogens is 2. The van der Waals surface area contributed by atoms with E-state index in [-0.39, 0.29) is 22.4 Å². The number of ether oxygens (including phenoxy) is 1. The number of esters is 2. The summed E-state index contributed by atoms with van der Waals surface area (Å²) in [7, 11) is 1.21. The number of amides is 1. The fraction of sp³-hybridized carbons (Fsp3) is 0.300. The van der Waals surface area contributed by atoms with Crippen LogP contribution >= 0.6 is 34.5 Å². The van der Waals surface area contributed by atoms with Crippen molar-refractivity contribution >= 4 is 63.2 Å². The van der Waals surface area contributed by atoms with Gasteiger partial charge < -0.3 is 14.9 Å². The Labute approximate surface area is 133 Å². The number of hydrogen-bond donors (Lipinski definition) is 1. The van der Waals surface area contributed by atoms with Crippen molar-refractivity contribution in [2.75, 3.05) is 24.2 Å². The second kappa shape index (κ2) is 8.55. The zero-order valence-corrected chi connectivity index (χ0v) is 12.9. The van der Waals surface area contributed by atoms with Crippen LogP contribution in [0, 0.1) is 0 Å². The summed E-state index contributed by atoms with van der Waals surface area (Å²) in [6.45, 7) is 0. The normalized spacial score (nSPS) is 10.9. The second-order valence-electron chi connectivity index (χ2n) is 3.24. The summed E-state index contributed by atoms with van der Waals surface area (Å²) in [6, 6.07) is 0. The summed E-state index contributed by atoms with van der Waals surface area (Å²) in [5.41, 5.74) is -0.266. The second-order valence-corrected chi connectivity index (χ2v) is 4.63. The Hall–Kier alpha value is -1.71. The Bertz CT molecular complexity index is 575. The van der Waals surface area contributed by atoms with Crippen LogP contribution in [0.15, 0.2) is 10.5 Å². The lowest BCUT2D eigenvalue weighted by Gasteiger charge is -2.01. The van der Waals surface area contributed by atoms with Gasteiger partial charge in [0.05, 0.1) is 0 Å². The molecule has 0 aliphatic carbocycles. The molecule has 1 heterocycles. The lowest BCUT2D eigenvalue weighted by atomic mass is 10.3. The van der Waals surface area contributed by atoms with Gasteiger partial charge in [-0.1, -0.05) is 5.16 Å². The average Bonchev–Trinajstić information content (AvgIpc) is 2.92.